The topological polar surface area (TPSA) is 120 Å². The molecule has 0 unspecified atom stereocenters. The second kappa shape index (κ2) is 12.4. The lowest BCUT2D eigenvalue weighted by molar-refractivity contribution is -0.151. The van der Waals surface area contributed by atoms with Gasteiger partial charge >= 0.3 is 12.1 Å². The van der Waals surface area contributed by atoms with Crippen molar-refractivity contribution in [1.29, 1.82) is 0 Å². The van der Waals surface area contributed by atoms with Crippen LogP contribution in [0.15, 0.2) is 40.9 Å². The maximum atomic E-state index is 14.0. The number of thioether (sulfide) groups is 1. The number of rotatable bonds is 8. The standard InChI is InChI=1S/C33H43N5O6S/c1-4-45-26(34-2)25-27(39)36(18-22-8-6-5-7-9-22)31(43)38(28(25)40)24-10-14-32(15-11-24)20-33(21-32)29(41)35(3)30(42)37(33)19-23-12-16-44-17-13-23/h5-9,23-24,34H,4,10-21H2,1-3H3/b26-25-. The largest absolute Gasteiger partial charge is 0.382 e. The lowest BCUT2D eigenvalue weighted by Gasteiger charge is -2.59. The van der Waals surface area contributed by atoms with E-state index in [2.05, 4.69) is 5.32 Å². The number of carbonyl (C=O) groups is 5. The Bertz CT molecular complexity index is 1390. The summed E-state index contributed by atoms with van der Waals surface area (Å²) < 4.78 is 5.51. The summed E-state index contributed by atoms with van der Waals surface area (Å²) in [5, 5.41) is 3.49. The number of carbonyl (C=O) groups excluding carboxylic acids is 5. The number of hydrogen-bond donors (Lipinski definition) is 1. The van der Waals surface area contributed by atoms with E-state index in [0.29, 0.717) is 62.1 Å². The molecule has 1 aromatic carbocycles. The number of ether oxygens (including phenoxy) is 1. The van der Waals surface area contributed by atoms with Crippen LogP contribution < -0.4 is 5.32 Å². The Kier molecular flexibility index (Phi) is 8.73. The maximum absolute atomic E-state index is 14.0. The molecule has 242 valence electrons. The summed E-state index contributed by atoms with van der Waals surface area (Å²) in [6, 6.07) is 8.15. The van der Waals surface area contributed by atoms with Crippen LogP contribution in [0.1, 0.15) is 63.9 Å². The Morgan fingerprint density at radius 3 is 2.24 bits per heavy atom. The number of imide groups is 3. The van der Waals surface area contributed by atoms with Crippen molar-refractivity contribution in [2.24, 2.45) is 11.3 Å². The highest BCUT2D eigenvalue weighted by molar-refractivity contribution is 8.03. The summed E-state index contributed by atoms with van der Waals surface area (Å²) in [6.45, 7) is 3.95. The number of amides is 7. The van der Waals surface area contributed by atoms with Gasteiger partial charge in [-0.15, -0.1) is 11.8 Å². The zero-order chi connectivity index (χ0) is 31.9. The number of nitrogens with zero attached hydrogens (tertiary/aromatic N) is 4. The number of hydrogen-bond acceptors (Lipinski definition) is 8. The van der Waals surface area contributed by atoms with Crippen LogP contribution in [-0.4, -0.2) is 101 Å². The van der Waals surface area contributed by atoms with Gasteiger partial charge in [0, 0.05) is 39.9 Å². The van der Waals surface area contributed by atoms with Crippen LogP contribution in [-0.2, 0) is 25.7 Å². The first kappa shape index (κ1) is 31.6. The molecule has 0 atom stereocenters. The lowest BCUT2D eigenvalue weighted by atomic mass is 9.51. The molecule has 0 aromatic heterocycles. The summed E-state index contributed by atoms with van der Waals surface area (Å²) in [4.78, 5) is 73.9. The van der Waals surface area contributed by atoms with E-state index in [9.17, 15) is 24.0 Å². The number of likely N-dealkylation sites (N-methyl/N-ethyl adjacent to an activating group) is 1. The van der Waals surface area contributed by atoms with Crippen molar-refractivity contribution in [3.8, 4) is 0 Å². The Morgan fingerprint density at radius 2 is 1.62 bits per heavy atom. The Balaban J connectivity index is 1.20. The predicted molar refractivity (Wildman–Crippen MR) is 169 cm³/mol. The van der Waals surface area contributed by atoms with E-state index < -0.39 is 23.4 Å². The third-order valence-electron chi connectivity index (χ3n) is 10.5. The van der Waals surface area contributed by atoms with Crippen LogP contribution in [0, 0.1) is 11.3 Å². The fraction of sp³-hybridized carbons (Fsp3) is 0.606. The number of nitrogens with one attached hydrogen (secondary N) is 1. The van der Waals surface area contributed by atoms with Crippen molar-refractivity contribution < 1.29 is 28.7 Å². The van der Waals surface area contributed by atoms with Gasteiger partial charge in [-0.05, 0) is 74.0 Å². The summed E-state index contributed by atoms with van der Waals surface area (Å²) in [5.74, 6) is -0.276. The van der Waals surface area contributed by atoms with Crippen LogP contribution in [0.5, 0.6) is 0 Å². The van der Waals surface area contributed by atoms with Gasteiger partial charge in [-0.25, -0.2) is 9.59 Å². The van der Waals surface area contributed by atoms with Gasteiger partial charge in [-0.3, -0.25) is 29.1 Å². The van der Waals surface area contributed by atoms with Crippen molar-refractivity contribution in [3.05, 3.63) is 46.5 Å². The van der Waals surface area contributed by atoms with Crippen molar-refractivity contribution in [2.75, 3.05) is 39.6 Å². The minimum Gasteiger partial charge on any atom is -0.382 e. The van der Waals surface area contributed by atoms with Crippen LogP contribution in [0.4, 0.5) is 9.59 Å². The molecule has 45 heavy (non-hydrogen) atoms. The van der Waals surface area contributed by atoms with Crippen LogP contribution in [0.25, 0.3) is 0 Å². The molecule has 5 fully saturated rings. The Morgan fingerprint density at radius 1 is 0.956 bits per heavy atom. The molecule has 0 radical (unpaired) electrons. The average molecular weight is 638 g/mol. The van der Waals surface area contributed by atoms with Gasteiger partial charge < -0.3 is 15.0 Å². The van der Waals surface area contributed by atoms with E-state index >= 15 is 0 Å². The van der Waals surface area contributed by atoms with Crippen molar-refractivity contribution >= 4 is 41.5 Å². The third kappa shape index (κ3) is 5.43. The summed E-state index contributed by atoms with van der Waals surface area (Å²) in [6.07, 6.45) is 5.62. The highest BCUT2D eigenvalue weighted by atomic mass is 32.2. The molecule has 0 bridgehead atoms. The van der Waals surface area contributed by atoms with Crippen LogP contribution in [0.2, 0.25) is 0 Å². The van der Waals surface area contributed by atoms with Crippen molar-refractivity contribution in [1.82, 2.24) is 24.9 Å². The Hall–Kier alpha value is -3.38. The number of urea groups is 2. The molecule has 11 nitrogen and oxygen atoms in total. The molecule has 1 aromatic rings. The van der Waals surface area contributed by atoms with Gasteiger partial charge in [0.05, 0.1) is 11.6 Å². The lowest BCUT2D eigenvalue weighted by Crippen LogP contribution is -2.66. The number of barbiturate groups is 1. The van der Waals surface area contributed by atoms with Crippen LogP contribution >= 0.6 is 11.8 Å². The molecule has 2 spiro atoms. The van der Waals surface area contributed by atoms with Gasteiger partial charge in [-0.1, -0.05) is 37.3 Å². The first-order chi connectivity index (χ1) is 21.6. The minimum atomic E-state index is -0.804. The summed E-state index contributed by atoms with van der Waals surface area (Å²) in [7, 11) is 3.26. The van der Waals surface area contributed by atoms with E-state index in [1.807, 2.05) is 42.2 Å². The Labute approximate surface area is 268 Å². The minimum absolute atomic E-state index is 0.00428. The van der Waals surface area contributed by atoms with E-state index in [0.717, 1.165) is 31.2 Å². The molecule has 2 saturated carbocycles. The second-order valence-corrected chi connectivity index (χ2v) is 14.4. The van der Waals surface area contributed by atoms with E-state index in [1.165, 1.54) is 26.5 Å². The predicted octanol–water partition coefficient (Wildman–Crippen LogP) is 3.94. The highest BCUT2D eigenvalue weighted by Gasteiger charge is 2.68. The molecule has 1 N–H and O–H groups in total. The third-order valence-corrected chi connectivity index (χ3v) is 11.5. The number of benzene rings is 1. The molecule has 3 saturated heterocycles. The molecule has 3 heterocycles. The fourth-order valence-corrected chi connectivity index (χ4v) is 8.91. The molecule has 5 aliphatic rings. The highest BCUT2D eigenvalue weighted by Crippen LogP contribution is 2.61. The normalized spacial score (nSPS) is 30.6. The molecular formula is C33H43N5O6S. The first-order valence-electron chi connectivity index (χ1n) is 16.1. The van der Waals surface area contributed by atoms with E-state index in [1.54, 1.807) is 14.1 Å². The quantitative estimate of drug-likeness (QED) is 0.259. The second-order valence-electron chi connectivity index (χ2n) is 13.2. The maximum Gasteiger partial charge on any atom is 0.334 e. The molecule has 7 amide bonds. The van der Waals surface area contributed by atoms with Gasteiger partial charge in [0.2, 0.25) is 0 Å². The summed E-state index contributed by atoms with van der Waals surface area (Å²) >= 11 is 1.37. The van der Waals surface area contributed by atoms with Crippen LogP contribution in [0.3, 0.4) is 0 Å². The average Bonchev–Trinajstić information content (AvgIpc) is 3.21. The zero-order valence-electron chi connectivity index (χ0n) is 26.4. The van der Waals surface area contributed by atoms with E-state index in [-0.39, 0.29) is 35.5 Å². The fourth-order valence-electron chi connectivity index (χ4n) is 8.16. The monoisotopic (exact) mass is 637 g/mol. The molecule has 3 aliphatic heterocycles. The molecular weight excluding hydrogens is 594 g/mol. The molecule has 12 heteroatoms. The molecule has 6 rings (SSSR count). The van der Waals surface area contributed by atoms with E-state index in [4.69, 9.17) is 4.74 Å². The SMILES string of the molecule is CCS/C(NC)=C1/C(=O)N(Cc2ccccc2)C(=O)N(C2CCC3(CC2)CC2(C3)C(=O)N(C)C(=O)N2CC2CCOCC2)C1=O. The van der Waals surface area contributed by atoms with Gasteiger partial charge in [0.25, 0.3) is 17.7 Å². The zero-order valence-corrected chi connectivity index (χ0v) is 27.2. The molecule has 2 aliphatic carbocycles. The van der Waals surface area contributed by atoms with Gasteiger partial charge in [-0.2, -0.15) is 0 Å². The van der Waals surface area contributed by atoms with Gasteiger partial charge in [0.1, 0.15) is 11.1 Å². The summed E-state index contributed by atoms with van der Waals surface area (Å²) in [5.41, 5.74) is -0.124. The smallest absolute Gasteiger partial charge is 0.334 e. The first-order valence-corrected chi connectivity index (χ1v) is 17.1. The van der Waals surface area contributed by atoms with Crippen molar-refractivity contribution in [2.45, 2.75) is 76.4 Å². The van der Waals surface area contributed by atoms with Crippen molar-refractivity contribution in [3.63, 3.8) is 0 Å². The van der Waals surface area contributed by atoms with Gasteiger partial charge in [0.15, 0.2) is 0 Å².